The number of amides is 3. The zero-order valence-corrected chi connectivity index (χ0v) is 19.8. The van der Waals surface area contributed by atoms with Gasteiger partial charge in [-0.25, -0.2) is 9.59 Å². The van der Waals surface area contributed by atoms with Crippen molar-refractivity contribution in [3.63, 3.8) is 0 Å². The van der Waals surface area contributed by atoms with Crippen LogP contribution in [0.5, 0.6) is 11.5 Å². The summed E-state index contributed by atoms with van der Waals surface area (Å²) in [5, 5.41) is 14.2. The van der Waals surface area contributed by atoms with Gasteiger partial charge in [-0.1, -0.05) is 30.3 Å². The summed E-state index contributed by atoms with van der Waals surface area (Å²) in [5.74, 6) is -1.27. The van der Waals surface area contributed by atoms with Crippen LogP contribution in [0.2, 0.25) is 0 Å². The van der Waals surface area contributed by atoms with Crippen LogP contribution in [0.15, 0.2) is 64.7 Å². The molecule has 4 rings (SSSR count). The lowest BCUT2D eigenvalue weighted by atomic mass is 10.1. The fourth-order valence-corrected chi connectivity index (χ4v) is 3.56. The molecule has 0 spiro atoms. The van der Waals surface area contributed by atoms with Crippen molar-refractivity contribution in [2.24, 2.45) is 0 Å². The summed E-state index contributed by atoms with van der Waals surface area (Å²) in [7, 11) is 2.53. The van der Waals surface area contributed by atoms with Gasteiger partial charge in [-0.15, -0.1) is 0 Å². The van der Waals surface area contributed by atoms with Crippen molar-refractivity contribution in [1.29, 1.82) is 0 Å². The Morgan fingerprint density at radius 1 is 1.14 bits per heavy atom. The van der Waals surface area contributed by atoms with E-state index in [-0.39, 0.29) is 53.1 Å². The second-order valence-electron chi connectivity index (χ2n) is 7.74. The lowest BCUT2D eigenvalue weighted by Gasteiger charge is -2.12. The van der Waals surface area contributed by atoms with Crippen molar-refractivity contribution in [2.75, 3.05) is 14.2 Å². The molecule has 1 aliphatic rings. The van der Waals surface area contributed by atoms with Crippen molar-refractivity contribution in [3.8, 4) is 11.5 Å². The van der Waals surface area contributed by atoms with E-state index in [0.29, 0.717) is 0 Å². The second kappa shape index (κ2) is 10.6. The van der Waals surface area contributed by atoms with Crippen LogP contribution in [0.3, 0.4) is 0 Å². The number of ether oxygens (including phenoxy) is 3. The number of furan rings is 1. The summed E-state index contributed by atoms with van der Waals surface area (Å²) >= 11 is 0. The summed E-state index contributed by atoms with van der Waals surface area (Å²) in [4.78, 5) is 48.9. The topological polar surface area (TPSA) is 150 Å². The molecule has 12 nitrogen and oxygen atoms in total. The number of urea groups is 1. The van der Waals surface area contributed by atoms with Crippen molar-refractivity contribution in [3.05, 3.63) is 93.1 Å². The first-order valence-corrected chi connectivity index (χ1v) is 10.9. The molecule has 1 aromatic heterocycles. The third-order valence-electron chi connectivity index (χ3n) is 5.34. The number of carbonyl (C=O) groups excluding carboxylic acids is 3. The molecule has 2 aromatic carbocycles. The molecular weight excluding hydrogens is 486 g/mol. The van der Waals surface area contributed by atoms with E-state index in [1.54, 1.807) is 0 Å². The van der Waals surface area contributed by atoms with E-state index in [1.165, 1.54) is 44.6 Å². The van der Waals surface area contributed by atoms with Crippen LogP contribution >= 0.6 is 0 Å². The molecular formula is C25H21N3O9. The minimum atomic E-state index is -0.725. The zero-order valence-electron chi connectivity index (χ0n) is 19.8. The van der Waals surface area contributed by atoms with Crippen LogP contribution in [-0.2, 0) is 22.7 Å². The number of nitrogens with zero attached hydrogens (tertiary/aromatic N) is 2. The third kappa shape index (κ3) is 5.42. The van der Waals surface area contributed by atoms with E-state index in [4.69, 9.17) is 13.9 Å². The van der Waals surface area contributed by atoms with Crippen LogP contribution < -0.4 is 14.8 Å². The Balaban J connectivity index is 1.58. The molecule has 1 N–H and O–H groups in total. The number of hydrogen-bond donors (Lipinski definition) is 1. The van der Waals surface area contributed by atoms with Crippen LogP contribution in [0, 0.1) is 10.1 Å². The molecule has 3 aromatic rings. The average Bonchev–Trinajstić information content (AvgIpc) is 3.47. The van der Waals surface area contributed by atoms with E-state index >= 15 is 0 Å². The number of methoxy groups -OCH3 is 2. The maximum absolute atomic E-state index is 12.9. The Hall–Kier alpha value is -5.13. The van der Waals surface area contributed by atoms with E-state index in [1.807, 2.05) is 30.3 Å². The predicted molar refractivity (Wildman–Crippen MR) is 128 cm³/mol. The Kier molecular flexibility index (Phi) is 7.19. The molecule has 0 radical (unpaired) electrons. The Morgan fingerprint density at radius 2 is 1.89 bits per heavy atom. The average molecular weight is 507 g/mol. The maximum atomic E-state index is 12.9. The highest BCUT2D eigenvalue weighted by atomic mass is 16.6. The number of rotatable bonds is 9. The van der Waals surface area contributed by atoms with Gasteiger partial charge in [0, 0.05) is 6.07 Å². The molecule has 1 fully saturated rings. The highest BCUT2D eigenvalue weighted by Crippen LogP contribution is 2.39. The number of carbonyl (C=O) groups is 3. The highest BCUT2D eigenvalue weighted by Gasteiger charge is 2.35. The van der Waals surface area contributed by atoms with Gasteiger partial charge in [-0.2, -0.15) is 0 Å². The van der Waals surface area contributed by atoms with Gasteiger partial charge in [-0.05, 0) is 35.4 Å². The molecule has 12 heteroatoms. The summed E-state index contributed by atoms with van der Waals surface area (Å²) in [6.45, 7) is -0.165. The monoisotopic (exact) mass is 507 g/mol. The molecule has 190 valence electrons. The van der Waals surface area contributed by atoms with Crippen molar-refractivity contribution in [1.82, 2.24) is 10.2 Å². The lowest BCUT2D eigenvalue weighted by molar-refractivity contribution is -0.386. The minimum Gasteiger partial charge on any atom is -0.493 e. The summed E-state index contributed by atoms with van der Waals surface area (Å²) in [6.07, 6.45) is 1.29. The highest BCUT2D eigenvalue weighted by molar-refractivity contribution is 6.13. The number of nitrogens with one attached hydrogen (secondary N) is 1. The summed E-state index contributed by atoms with van der Waals surface area (Å²) in [5.41, 5.74) is 0.549. The third-order valence-corrected chi connectivity index (χ3v) is 5.34. The van der Waals surface area contributed by atoms with Gasteiger partial charge in [0.25, 0.3) is 5.91 Å². The van der Waals surface area contributed by atoms with Crippen LogP contribution in [0.1, 0.15) is 27.4 Å². The largest absolute Gasteiger partial charge is 0.493 e. The van der Waals surface area contributed by atoms with Crippen LogP contribution in [-0.4, -0.2) is 42.0 Å². The molecule has 0 unspecified atom stereocenters. The Labute approximate surface area is 210 Å². The Bertz CT molecular complexity index is 1400. The first kappa shape index (κ1) is 25.0. The molecule has 0 saturated carbocycles. The zero-order chi connectivity index (χ0) is 26.5. The van der Waals surface area contributed by atoms with Gasteiger partial charge >= 0.3 is 17.7 Å². The van der Waals surface area contributed by atoms with Gasteiger partial charge in [-0.3, -0.25) is 19.8 Å². The second-order valence-corrected chi connectivity index (χ2v) is 7.74. The van der Waals surface area contributed by atoms with Gasteiger partial charge in [0.2, 0.25) is 11.5 Å². The van der Waals surface area contributed by atoms with E-state index in [9.17, 15) is 24.5 Å². The van der Waals surface area contributed by atoms with E-state index in [2.05, 4.69) is 10.1 Å². The fraction of sp³-hybridized carbons (Fsp3) is 0.160. The molecule has 1 aliphatic heterocycles. The molecule has 0 aliphatic carbocycles. The first-order chi connectivity index (χ1) is 17.8. The SMILES string of the molecule is COC(=O)c1ccc(CN2C(=O)N/C(=C\c3cc(OC)c(OCc4ccccc4)c([N+](=O)[O-])c3)C2=O)o1. The van der Waals surface area contributed by atoms with Crippen LogP contribution in [0.25, 0.3) is 6.08 Å². The number of nitro benzene ring substituents is 1. The van der Waals surface area contributed by atoms with E-state index in [0.717, 1.165) is 10.5 Å². The van der Waals surface area contributed by atoms with E-state index < -0.39 is 22.8 Å². The Morgan fingerprint density at radius 3 is 2.57 bits per heavy atom. The predicted octanol–water partition coefficient (Wildman–Crippen LogP) is 3.65. The number of esters is 1. The molecule has 0 bridgehead atoms. The molecule has 1 saturated heterocycles. The fourth-order valence-electron chi connectivity index (χ4n) is 3.56. The number of hydrogen-bond acceptors (Lipinski definition) is 9. The van der Waals surface area contributed by atoms with Crippen molar-refractivity contribution in [2.45, 2.75) is 13.2 Å². The lowest BCUT2D eigenvalue weighted by Crippen LogP contribution is -2.30. The van der Waals surface area contributed by atoms with Crippen molar-refractivity contribution < 1.29 is 37.9 Å². The summed E-state index contributed by atoms with van der Waals surface area (Å²) in [6, 6.07) is 13.9. The molecule has 2 heterocycles. The molecule has 0 atom stereocenters. The smallest absolute Gasteiger partial charge is 0.373 e. The summed E-state index contributed by atoms with van der Waals surface area (Å²) < 4.78 is 20.9. The normalized spacial score (nSPS) is 14.0. The number of benzene rings is 2. The molecule has 3 amide bonds. The quantitative estimate of drug-likeness (QED) is 0.150. The van der Waals surface area contributed by atoms with Crippen molar-refractivity contribution >= 4 is 29.7 Å². The first-order valence-electron chi connectivity index (χ1n) is 10.9. The van der Waals surface area contributed by atoms with Gasteiger partial charge < -0.3 is 23.9 Å². The standard InChI is InChI=1S/C25H21N3O9/c1-34-21-12-16(11-19(28(32)33)22(21)36-14-15-6-4-3-5-7-15)10-18-23(29)27(25(31)26-18)13-17-8-9-20(37-17)24(30)35-2/h3-12H,13-14H2,1-2H3,(H,26,31)/b18-10-. The number of nitro groups is 1. The van der Waals surface area contributed by atoms with Crippen LogP contribution in [0.4, 0.5) is 10.5 Å². The van der Waals surface area contributed by atoms with Gasteiger partial charge in [0.05, 0.1) is 25.7 Å². The number of imide groups is 1. The maximum Gasteiger partial charge on any atom is 0.373 e. The minimum absolute atomic E-state index is 0.0684. The van der Waals surface area contributed by atoms with Gasteiger partial charge in [0.15, 0.2) is 5.75 Å². The van der Waals surface area contributed by atoms with Gasteiger partial charge in [0.1, 0.15) is 18.1 Å². The molecule has 37 heavy (non-hydrogen) atoms.